The van der Waals surface area contributed by atoms with Gasteiger partial charge in [-0.2, -0.15) is 0 Å². The molecule has 0 aromatic heterocycles. The smallest absolute Gasteiger partial charge is 0.326 e. The lowest BCUT2D eigenvalue weighted by molar-refractivity contribution is -0.140. The highest BCUT2D eigenvalue weighted by molar-refractivity contribution is 5.82. The van der Waals surface area contributed by atoms with Crippen LogP contribution in [-0.4, -0.2) is 29.7 Å². The summed E-state index contributed by atoms with van der Waals surface area (Å²) < 4.78 is 0. The molecule has 5 heteroatoms. The van der Waals surface area contributed by atoms with Crippen LogP contribution < -0.4 is 10.6 Å². The van der Waals surface area contributed by atoms with E-state index in [0.29, 0.717) is 18.9 Å². The van der Waals surface area contributed by atoms with E-state index in [-0.39, 0.29) is 17.4 Å². The van der Waals surface area contributed by atoms with Crippen molar-refractivity contribution in [2.45, 2.75) is 53.0 Å². The lowest BCUT2D eigenvalue weighted by Gasteiger charge is -2.23. The molecule has 110 valence electrons. The molecule has 0 bridgehead atoms. The van der Waals surface area contributed by atoms with Gasteiger partial charge in [-0.3, -0.25) is 0 Å². The highest BCUT2D eigenvalue weighted by Gasteiger charge is 2.45. The monoisotopic (exact) mass is 270 g/mol. The molecule has 0 aromatic carbocycles. The second-order valence-corrected chi connectivity index (χ2v) is 6.05. The van der Waals surface area contributed by atoms with Crippen molar-refractivity contribution in [3.8, 4) is 0 Å². The molecule has 19 heavy (non-hydrogen) atoms. The number of amides is 2. The van der Waals surface area contributed by atoms with Crippen LogP contribution in [0.15, 0.2) is 0 Å². The van der Waals surface area contributed by atoms with Crippen molar-refractivity contribution >= 4 is 12.0 Å². The first-order valence-electron chi connectivity index (χ1n) is 7.09. The van der Waals surface area contributed by atoms with Gasteiger partial charge in [-0.05, 0) is 30.1 Å². The molecule has 0 spiro atoms. The predicted octanol–water partition coefficient (Wildman–Crippen LogP) is 2.22. The standard InChI is InChI=1S/C14H26N2O3/c1-5-10(4)11(12(17)18)16-13(19)15-8-14(6-7-14)9(2)3/h9-11H,5-8H2,1-4H3,(H,17,18)(H2,15,16,19). The van der Waals surface area contributed by atoms with Gasteiger partial charge in [-0.15, -0.1) is 0 Å². The quantitative estimate of drug-likeness (QED) is 0.663. The third-order valence-corrected chi connectivity index (χ3v) is 4.48. The number of carbonyl (C=O) groups is 2. The van der Waals surface area contributed by atoms with E-state index >= 15 is 0 Å². The fourth-order valence-corrected chi connectivity index (χ4v) is 2.25. The topological polar surface area (TPSA) is 78.4 Å². The van der Waals surface area contributed by atoms with Crippen molar-refractivity contribution in [2.75, 3.05) is 6.54 Å². The molecule has 5 nitrogen and oxygen atoms in total. The zero-order valence-corrected chi connectivity index (χ0v) is 12.3. The largest absolute Gasteiger partial charge is 0.480 e. The molecule has 0 saturated heterocycles. The SMILES string of the molecule is CCC(C)C(NC(=O)NCC1(C(C)C)CC1)C(=O)O. The van der Waals surface area contributed by atoms with Crippen LogP contribution in [-0.2, 0) is 4.79 Å². The maximum atomic E-state index is 11.8. The van der Waals surface area contributed by atoms with Gasteiger partial charge in [0.1, 0.15) is 6.04 Å². The van der Waals surface area contributed by atoms with Crippen LogP contribution in [0.2, 0.25) is 0 Å². The van der Waals surface area contributed by atoms with Gasteiger partial charge in [0.25, 0.3) is 0 Å². The van der Waals surface area contributed by atoms with Crippen LogP contribution in [0.4, 0.5) is 4.79 Å². The summed E-state index contributed by atoms with van der Waals surface area (Å²) in [5.74, 6) is -0.518. The van der Waals surface area contributed by atoms with Crippen molar-refractivity contribution in [3.63, 3.8) is 0 Å². The van der Waals surface area contributed by atoms with E-state index in [1.807, 2.05) is 13.8 Å². The van der Waals surface area contributed by atoms with Crippen molar-refractivity contribution in [1.29, 1.82) is 0 Å². The molecule has 0 aliphatic heterocycles. The van der Waals surface area contributed by atoms with Gasteiger partial charge < -0.3 is 15.7 Å². The summed E-state index contributed by atoms with van der Waals surface area (Å²) in [5.41, 5.74) is 0.229. The van der Waals surface area contributed by atoms with E-state index in [2.05, 4.69) is 24.5 Å². The van der Waals surface area contributed by atoms with Crippen molar-refractivity contribution in [1.82, 2.24) is 10.6 Å². The summed E-state index contributed by atoms with van der Waals surface area (Å²) in [7, 11) is 0. The summed E-state index contributed by atoms with van der Waals surface area (Å²) in [6.07, 6.45) is 2.99. The van der Waals surface area contributed by atoms with Crippen molar-refractivity contribution in [2.24, 2.45) is 17.3 Å². The van der Waals surface area contributed by atoms with E-state index in [9.17, 15) is 9.59 Å². The normalized spacial score (nSPS) is 19.6. The molecular formula is C14H26N2O3. The Kier molecular flexibility index (Phi) is 5.20. The minimum absolute atomic E-state index is 0.0803. The fraction of sp³-hybridized carbons (Fsp3) is 0.857. The highest BCUT2D eigenvalue weighted by atomic mass is 16.4. The number of carbonyl (C=O) groups excluding carboxylic acids is 1. The number of nitrogens with one attached hydrogen (secondary N) is 2. The van der Waals surface area contributed by atoms with Crippen LogP contribution in [0, 0.1) is 17.3 Å². The lowest BCUT2D eigenvalue weighted by atomic mass is 9.92. The Hall–Kier alpha value is -1.26. The fourth-order valence-electron chi connectivity index (χ4n) is 2.25. The van der Waals surface area contributed by atoms with Gasteiger partial charge in [0.2, 0.25) is 0 Å². The zero-order valence-electron chi connectivity index (χ0n) is 12.3. The molecule has 1 rings (SSSR count). The minimum Gasteiger partial charge on any atom is -0.480 e. The van der Waals surface area contributed by atoms with Crippen LogP contribution in [0.3, 0.4) is 0 Å². The average Bonchev–Trinajstić information content (AvgIpc) is 3.13. The van der Waals surface area contributed by atoms with Gasteiger partial charge in [0, 0.05) is 6.54 Å². The first-order chi connectivity index (χ1) is 8.82. The van der Waals surface area contributed by atoms with Crippen LogP contribution in [0.1, 0.15) is 47.0 Å². The summed E-state index contributed by atoms with van der Waals surface area (Å²) in [4.78, 5) is 22.9. The van der Waals surface area contributed by atoms with Gasteiger partial charge in [-0.25, -0.2) is 9.59 Å². The number of rotatable bonds is 7. The zero-order chi connectivity index (χ0) is 14.6. The number of carboxylic acid groups (broad SMARTS) is 1. The molecule has 1 fully saturated rings. The van der Waals surface area contributed by atoms with Gasteiger partial charge in [0.15, 0.2) is 0 Å². The van der Waals surface area contributed by atoms with E-state index in [1.165, 1.54) is 0 Å². The Bertz CT molecular complexity index is 338. The summed E-state index contributed by atoms with van der Waals surface area (Å²) >= 11 is 0. The number of urea groups is 1. The first-order valence-corrected chi connectivity index (χ1v) is 7.09. The van der Waals surface area contributed by atoms with Gasteiger partial charge in [-0.1, -0.05) is 34.1 Å². The second-order valence-electron chi connectivity index (χ2n) is 6.05. The predicted molar refractivity (Wildman–Crippen MR) is 73.9 cm³/mol. The Morgan fingerprint density at radius 3 is 2.21 bits per heavy atom. The van der Waals surface area contributed by atoms with E-state index in [1.54, 1.807) is 0 Å². The van der Waals surface area contributed by atoms with Crippen LogP contribution in [0.25, 0.3) is 0 Å². The Morgan fingerprint density at radius 2 is 1.84 bits per heavy atom. The maximum absolute atomic E-state index is 11.8. The Balaban J connectivity index is 2.43. The van der Waals surface area contributed by atoms with Gasteiger partial charge >= 0.3 is 12.0 Å². The van der Waals surface area contributed by atoms with E-state index < -0.39 is 12.0 Å². The Labute approximate surface area is 115 Å². The molecule has 1 aliphatic rings. The molecule has 2 atom stereocenters. The molecule has 2 amide bonds. The average molecular weight is 270 g/mol. The van der Waals surface area contributed by atoms with Crippen molar-refractivity contribution < 1.29 is 14.7 Å². The summed E-state index contributed by atoms with van der Waals surface area (Å²) in [6, 6.07) is -1.20. The molecular weight excluding hydrogens is 244 g/mol. The summed E-state index contributed by atoms with van der Waals surface area (Å²) in [5, 5.41) is 14.5. The minimum atomic E-state index is -0.977. The first kappa shape index (κ1) is 15.8. The van der Waals surface area contributed by atoms with E-state index in [0.717, 1.165) is 12.8 Å². The number of carboxylic acids is 1. The highest BCUT2D eigenvalue weighted by Crippen LogP contribution is 2.51. The second kappa shape index (κ2) is 6.26. The maximum Gasteiger partial charge on any atom is 0.326 e. The van der Waals surface area contributed by atoms with Crippen LogP contribution >= 0.6 is 0 Å². The molecule has 2 unspecified atom stereocenters. The lowest BCUT2D eigenvalue weighted by Crippen LogP contribution is -2.50. The number of hydrogen-bond acceptors (Lipinski definition) is 2. The molecule has 0 radical (unpaired) electrons. The third-order valence-electron chi connectivity index (χ3n) is 4.48. The molecule has 1 saturated carbocycles. The number of aliphatic carboxylic acids is 1. The van der Waals surface area contributed by atoms with Crippen LogP contribution in [0.5, 0.6) is 0 Å². The van der Waals surface area contributed by atoms with Gasteiger partial charge in [0.05, 0.1) is 0 Å². The molecule has 1 aliphatic carbocycles. The number of hydrogen-bond donors (Lipinski definition) is 3. The third kappa shape index (κ3) is 4.11. The van der Waals surface area contributed by atoms with Crippen molar-refractivity contribution in [3.05, 3.63) is 0 Å². The summed E-state index contributed by atoms with van der Waals surface area (Å²) in [6.45, 7) is 8.69. The molecule has 0 aromatic rings. The van der Waals surface area contributed by atoms with E-state index in [4.69, 9.17) is 5.11 Å². The molecule has 3 N–H and O–H groups in total. The molecule has 0 heterocycles. The Morgan fingerprint density at radius 1 is 1.26 bits per heavy atom.